The quantitative estimate of drug-likeness (QED) is 0.338. The van der Waals surface area contributed by atoms with Crippen LogP contribution in [0.2, 0.25) is 0 Å². The van der Waals surface area contributed by atoms with Gasteiger partial charge in [0.05, 0.1) is 0 Å². The van der Waals surface area contributed by atoms with Crippen molar-refractivity contribution < 1.29 is 0 Å². The van der Waals surface area contributed by atoms with Crippen LogP contribution in [0.3, 0.4) is 0 Å². The lowest BCUT2D eigenvalue weighted by molar-refractivity contribution is 0.379. The average molecular weight is 233 g/mol. The number of hydrogen-bond acceptors (Lipinski definition) is 0. The van der Waals surface area contributed by atoms with Gasteiger partial charge in [-0.25, -0.2) is 0 Å². The van der Waals surface area contributed by atoms with Crippen molar-refractivity contribution in [2.45, 2.75) is 72.1 Å². The Labute approximate surface area is 102 Å². The Morgan fingerprint density at radius 3 is 1.87 bits per heavy atom. The topological polar surface area (TPSA) is 0 Å². The van der Waals surface area contributed by atoms with Crippen LogP contribution in [0.1, 0.15) is 72.1 Å². The molecule has 0 nitrogen and oxygen atoms in total. The molecule has 1 unspecified atom stereocenters. The lowest BCUT2D eigenvalue weighted by Gasteiger charge is -2.17. The Morgan fingerprint density at radius 1 is 0.867 bits per heavy atom. The van der Waals surface area contributed by atoms with Gasteiger partial charge < -0.3 is 0 Å². The highest BCUT2D eigenvalue weighted by molar-refractivity contribution is 6.18. The summed E-state index contributed by atoms with van der Waals surface area (Å²) in [6, 6.07) is 0. The van der Waals surface area contributed by atoms with E-state index in [2.05, 4.69) is 20.8 Å². The Balaban J connectivity index is 3.22. The molecule has 0 bridgehead atoms. The van der Waals surface area contributed by atoms with Gasteiger partial charge in [0.1, 0.15) is 0 Å². The zero-order chi connectivity index (χ0) is 11.5. The minimum Gasteiger partial charge on any atom is -0.126 e. The lowest BCUT2D eigenvalue weighted by atomic mass is 9.92. The van der Waals surface area contributed by atoms with Crippen molar-refractivity contribution in [1.82, 2.24) is 0 Å². The van der Waals surface area contributed by atoms with Gasteiger partial charge in [0.2, 0.25) is 0 Å². The molecule has 0 amide bonds. The van der Waals surface area contributed by atoms with Crippen LogP contribution in [0.5, 0.6) is 0 Å². The summed E-state index contributed by atoms with van der Waals surface area (Å²) in [6.45, 7) is 6.84. The third kappa shape index (κ3) is 9.23. The fourth-order valence-corrected chi connectivity index (χ4v) is 2.46. The molecular formula is C14H29Cl. The summed E-state index contributed by atoms with van der Waals surface area (Å²) in [5.74, 6) is 2.33. The van der Waals surface area contributed by atoms with Gasteiger partial charge in [-0.1, -0.05) is 65.7 Å². The first kappa shape index (κ1) is 15.3. The molecule has 0 aliphatic heterocycles. The highest BCUT2D eigenvalue weighted by Gasteiger charge is 2.10. The molecule has 0 saturated carbocycles. The molecule has 0 N–H and O–H groups in total. The van der Waals surface area contributed by atoms with Gasteiger partial charge in [-0.2, -0.15) is 0 Å². The van der Waals surface area contributed by atoms with E-state index in [1.807, 2.05) is 0 Å². The maximum Gasteiger partial charge on any atom is 0.0254 e. The van der Waals surface area contributed by atoms with Crippen molar-refractivity contribution in [1.29, 1.82) is 0 Å². The fourth-order valence-electron chi connectivity index (χ4n) is 1.95. The normalized spacial score (nSPS) is 13.4. The van der Waals surface area contributed by atoms with Crippen LogP contribution in [0, 0.1) is 11.8 Å². The molecule has 0 rings (SSSR count). The minimum absolute atomic E-state index is 0.738. The third-order valence-electron chi connectivity index (χ3n) is 3.32. The molecule has 0 saturated heterocycles. The number of halogens is 1. The molecule has 0 aromatic heterocycles. The molecule has 0 aromatic rings. The molecule has 0 spiro atoms. The van der Waals surface area contributed by atoms with Gasteiger partial charge in [0.25, 0.3) is 0 Å². The minimum atomic E-state index is 0.738. The van der Waals surface area contributed by atoms with Gasteiger partial charge in [-0.3, -0.25) is 0 Å². The maximum atomic E-state index is 5.94. The van der Waals surface area contributed by atoms with Gasteiger partial charge in [-0.05, 0) is 18.3 Å². The van der Waals surface area contributed by atoms with Crippen LogP contribution in [0.15, 0.2) is 0 Å². The number of alkyl halides is 1. The van der Waals surface area contributed by atoms with E-state index in [4.69, 9.17) is 11.6 Å². The predicted molar refractivity (Wildman–Crippen MR) is 71.7 cm³/mol. The number of rotatable bonds is 10. The molecule has 0 aromatic carbocycles. The van der Waals surface area contributed by atoms with Crippen LogP contribution in [-0.2, 0) is 0 Å². The molecular weight excluding hydrogens is 204 g/mol. The van der Waals surface area contributed by atoms with Crippen LogP contribution in [-0.4, -0.2) is 5.88 Å². The van der Waals surface area contributed by atoms with Gasteiger partial charge in [0.15, 0.2) is 0 Å². The van der Waals surface area contributed by atoms with E-state index in [-0.39, 0.29) is 0 Å². The number of hydrogen-bond donors (Lipinski definition) is 0. The first-order chi connectivity index (χ1) is 7.22. The fraction of sp³-hybridized carbons (Fsp3) is 1.00. The highest BCUT2D eigenvalue weighted by Crippen LogP contribution is 2.20. The summed E-state index contributed by atoms with van der Waals surface area (Å²) in [7, 11) is 0. The van der Waals surface area contributed by atoms with Gasteiger partial charge in [-0.15, -0.1) is 11.6 Å². The van der Waals surface area contributed by atoms with E-state index in [9.17, 15) is 0 Å². The van der Waals surface area contributed by atoms with E-state index in [0.29, 0.717) is 0 Å². The second kappa shape index (κ2) is 10.8. The zero-order valence-corrected chi connectivity index (χ0v) is 11.7. The number of unbranched alkanes of at least 4 members (excludes halogenated alkanes) is 6. The maximum absolute atomic E-state index is 5.94. The molecule has 15 heavy (non-hydrogen) atoms. The molecule has 0 aliphatic carbocycles. The van der Waals surface area contributed by atoms with Crippen molar-refractivity contribution >= 4 is 11.6 Å². The summed E-state index contributed by atoms with van der Waals surface area (Å²) in [4.78, 5) is 0. The monoisotopic (exact) mass is 232 g/mol. The average Bonchev–Trinajstić information content (AvgIpc) is 2.21. The van der Waals surface area contributed by atoms with E-state index >= 15 is 0 Å². The van der Waals surface area contributed by atoms with E-state index < -0.39 is 0 Å². The van der Waals surface area contributed by atoms with E-state index in [1.54, 1.807) is 0 Å². The summed E-state index contributed by atoms with van der Waals surface area (Å²) < 4.78 is 0. The van der Waals surface area contributed by atoms with E-state index in [0.717, 1.165) is 17.7 Å². The summed E-state index contributed by atoms with van der Waals surface area (Å²) in [5, 5.41) is 0. The van der Waals surface area contributed by atoms with E-state index in [1.165, 1.54) is 51.4 Å². The molecule has 1 heteroatoms. The van der Waals surface area contributed by atoms with Crippen LogP contribution >= 0.6 is 11.6 Å². The molecule has 92 valence electrons. The first-order valence-corrected chi connectivity index (χ1v) is 7.31. The van der Waals surface area contributed by atoms with Crippen molar-refractivity contribution in [2.24, 2.45) is 11.8 Å². The molecule has 0 fully saturated rings. The smallest absolute Gasteiger partial charge is 0.0254 e. The standard InChI is InChI=1S/C14H29Cl/c1-4-5-6-7-8-9-10-11-14(12-15)13(2)3/h13-14H,4-12H2,1-3H3. The zero-order valence-electron chi connectivity index (χ0n) is 10.9. The molecule has 0 heterocycles. The van der Waals surface area contributed by atoms with Crippen molar-refractivity contribution in [3.63, 3.8) is 0 Å². The highest BCUT2D eigenvalue weighted by atomic mass is 35.5. The Hall–Kier alpha value is 0.290. The molecule has 0 radical (unpaired) electrons. The van der Waals surface area contributed by atoms with Gasteiger partial charge in [0, 0.05) is 5.88 Å². The molecule has 1 atom stereocenters. The Bertz CT molecular complexity index is 121. The van der Waals surface area contributed by atoms with Crippen LogP contribution < -0.4 is 0 Å². The van der Waals surface area contributed by atoms with Crippen molar-refractivity contribution in [2.75, 3.05) is 5.88 Å². The van der Waals surface area contributed by atoms with Crippen molar-refractivity contribution in [3.8, 4) is 0 Å². The lowest BCUT2D eigenvalue weighted by Crippen LogP contribution is -2.10. The third-order valence-corrected chi connectivity index (χ3v) is 3.72. The second-order valence-electron chi connectivity index (χ2n) is 5.07. The summed E-state index contributed by atoms with van der Waals surface area (Å²) in [5.41, 5.74) is 0. The largest absolute Gasteiger partial charge is 0.126 e. The predicted octanol–water partition coefficient (Wildman–Crippen LogP) is 5.64. The summed E-state index contributed by atoms with van der Waals surface area (Å²) in [6.07, 6.45) is 11.2. The Morgan fingerprint density at radius 2 is 1.40 bits per heavy atom. The second-order valence-corrected chi connectivity index (χ2v) is 5.38. The summed E-state index contributed by atoms with van der Waals surface area (Å²) >= 11 is 5.94. The van der Waals surface area contributed by atoms with Gasteiger partial charge >= 0.3 is 0 Å². The SMILES string of the molecule is CCCCCCCCCC(CCl)C(C)C. The Kier molecular flexibility index (Phi) is 11.0. The van der Waals surface area contributed by atoms with Crippen LogP contribution in [0.4, 0.5) is 0 Å². The van der Waals surface area contributed by atoms with Crippen LogP contribution in [0.25, 0.3) is 0 Å². The van der Waals surface area contributed by atoms with Crippen molar-refractivity contribution in [3.05, 3.63) is 0 Å². The first-order valence-electron chi connectivity index (χ1n) is 6.78. The molecule has 0 aliphatic rings.